The molecule has 8 heteroatoms. The SMILES string of the molecule is CC(C)(C)NC(=O)N1CCC[C@H](CCC(=O)Nc2ccc(C(F)(F)F)cc2)C1. The number of piperidine rings is 1. The number of benzene rings is 1. The lowest BCUT2D eigenvalue weighted by molar-refractivity contribution is -0.137. The Morgan fingerprint density at radius 1 is 1.14 bits per heavy atom. The van der Waals surface area contributed by atoms with Crippen LogP contribution in [0.1, 0.15) is 52.0 Å². The fourth-order valence-electron chi connectivity index (χ4n) is 3.19. The molecule has 0 aromatic heterocycles. The molecule has 1 heterocycles. The number of nitrogens with zero attached hydrogens (tertiary/aromatic N) is 1. The summed E-state index contributed by atoms with van der Waals surface area (Å²) >= 11 is 0. The fourth-order valence-corrected chi connectivity index (χ4v) is 3.19. The summed E-state index contributed by atoms with van der Waals surface area (Å²) in [7, 11) is 0. The van der Waals surface area contributed by atoms with Gasteiger partial charge in [0.2, 0.25) is 5.91 Å². The predicted octanol–water partition coefficient (Wildman–Crippen LogP) is 4.64. The second kappa shape index (κ2) is 8.84. The third-order valence-corrected chi connectivity index (χ3v) is 4.56. The van der Waals surface area contributed by atoms with Crippen LogP contribution in [0.25, 0.3) is 0 Å². The highest BCUT2D eigenvalue weighted by Crippen LogP contribution is 2.30. The number of hydrogen-bond donors (Lipinski definition) is 2. The van der Waals surface area contributed by atoms with E-state index in [1.165, 1.54) is 12.1 Å². The third kappa shape index (κ3) is 7.05. The molecular formula is C20H28F3N3O2. The van der Waals surface area contributed by atoms with Crippen LogP contribution in [0.2, 0.25) is 0 Å². The maximum absolute atomic E-state index is 12.6. The number of amides is 3. The van der Waals surface area contributed by atoms with Crippen molar-refractivity contribution in [3.05, 3.63) is 29.8 Å². The lowest BCUT2D eigenvalue weighted by Gasteiger charge is -2.35. The summed E-state index contributed by atoms with van der Waals surface area (Å²) < 4.78 is 37.7. The lowest BCUT2D eigenvalue weighted by atomic mass is 9.93. The fraction of sp³-hybridized carbons (Fsp3) is 0.600. The predicted molar refractivity (Wildman–Crippen MR) is 102 cm³/mol. The van der Waals surface area contributed by atoms with Crippen molar-refractivity contribution in [3.8, 4) is 0 Å². The average Bonchev–Trinajstić information content (AvgIpc) is 2.58. The first kappa shape index (κ1) is 22.0. The topological polar surface area (TPSA) is 61.4 Å². The average molecular weight is 399 g/mol. The number of halogens is 3. The van der Waals surface area contributed by atoms with Crippen molar-refractivity contribution in [2.75, 3.05) is 18.4 Å². The van der Waals surface area contributed by atoms with E-state index in [0.717, 1.165) is 25.0 Å². The van der Waals surface area contributed by atoms with Crippen molar-refractivity contribution in [3.63, 3.8) is 0 Å². The van der Waals surface area contributed by atoms with Gasteiger partial charge in [0, 0.05) is 30.7 Å². The van der Waals surface area contributed by atoms with Crippen LogP contribution in [0, 0.1) is 5.92 Å². The van der Waals surface area contributed by atoms with Gasteiger partial charge in [0.15, 0.2) is 0 Å². The van der Waals surface area contributed by atoms with Crippen LogP contribution in [0.3, 0.4) is 0 Å². The summed E-state index contributed by atoms with van der Waals surface area (Å²) in [6.07, 6.45) is -1.66. The second-order valence-corrected chi connectivity index (χ2v) is 8.30. The molecule has 5 nitrogen and oxygen atoms in total. The van der Waals surface area contributed by atoms with E-state index in [-0.39, 0.29) is 29.8 Å². The van der Waals surface area contributed by atoms with Gasteiger partial charge in [-0.15, -0.1) is 0 Å². The molecule has 28 heavy (non-hydrogen) atoms. The Hall–Kier alpha value is -2.25. The van der Waals surface area contributed by atoms with Crippen LogP contribution >= 0.6 is 0 Å². The highest BCUT2D eigenvalue weighted by atomic mass is 19.4. The van der Waals surface area contributed by atoms with Gasteiger partial charge in [0.1, 0.15) is 0 Å². The molecule has 1 aromatic carbocycles. The van der Waals surface area contributed by atoms with E-state index in [2.05, 4.69) is 10.6 Å². The van der Waals surface area contributed by atoms with Gasteiger partial charge in [-0.3, -0.25) is 4.79 Å². The number of rotatable bonds is 4. The van der Waals surface area contributed by atoms with Gasteiger partial charge in [-0.25, -0.2) is 4.79 Å². The molecule has 1 aliphatic rings. The van der Waals surface area contributed by atoms with Gasteiger partial charge >= 0.3 is 12.2 Å². The monoisotopic (exact) mass is 399 g/mol. The van der Waals surface area contributed by atoms with Crippen LogP contribution in [-0.2, 0) is 11.0 Å². The molecule has 0 unspecified atom stereocenters. The summed E-state index contributed by atoms with van der Waals surface area (Å²) in [6, 6.07) is 4.30. The van der Waals surface area contributed by atoms with Gasteiger partial charge in [-0.1, -0.05) is 0 Å². The summed E-state index contributed by atoms with van der Waals surface area (Å²) in [6.45, 7) is 7.10. The third-order valence-electron chi connectivity index (χ3n) is 4.56. The number of anilines is 1. The standard InChI is InChI=1S/C20H28F3N3O2/c1-19(2,3)25-18(28)26-12-4-5-14(13-26)6-11-17(27)24-16-9-7-15(8-10-16)20(21,22)23/h7-10,14H,4-6,11-13H2,1-3H3,(H,24,27)(H,25,28)/t14-/m1/s1. The molecule has 1 fully saturated rings. The van der Waals surface area contributed by atoms with E-state index >= 15 is 0 Å². The molecule has 1 atom stereocenters. The Bertz CT molecular complexity index is 681. The Kier molecular flexibility index (Phi) is 6.96. The van der Waals surface area contributed by atoms with E-state index in [4.69, 9.17) is 0 Å². The molecule has 1 aromatic rings. The van der Waals surface area contributed by atoms with Gasteiger partial charge in [0.25, 0.3) is 0 Å². The van der Waals surface area contributed by atoms with Crippen LogP contribution < -0.4 is 10.6 Å². The van der Waals surface area contributed by atoms with Crippen LogP contribution in [-0.4, -0.2) is 35.5 Å². The number of alkyl halides is 3. The molecule has 1 aliphatic heterocycles. The van der Waals surface area contributed by atoms with Gasteiger partial charge in [-0.2, -0.15) is 13.2 Å². The van der Waals surface area contributed by atoms with Crippen molar-refractivity contribution in [2.45, 2.75) is 58.2 Å². The summed E-state index contributed by atoms with van der Waals surface area (Å²) in [5.41, 5.74) is -0.708. The zero-order chi connectivity index (χ0) is 20.9. The normalized spacial score (nSPS) is 17.9. The maximum atomic E-state index is 12.6. The molecule has 0 aliphatic carbocycles. The summed E-state index contributed by atoms with van der Waals surface area (Å²) in [5, 5.41) is 5.58. The van der Waals surface area contributed by atoms with Crippen molar-refractivity contribution in [1.82, 2.24) is 10.2 Å². The molecule has 0 radical (unpaired) electrons. The Labute approximate surface area is 163 Å². The number of carbonyl (C=O) groups excluding carboxylic acids is 2. The largest absolute Gasteiger partial charge is 0.416 e. The Morgan fingerprint density at radius 3 is 2.36 bits per heavy atom. The molecule has 0 spiro atoms. The zero-order valence-corrected chi connectivity index (χ0v) is 16.5. The van der Waals surface area contributed by atoms with E-state index in [9.17, 15) is 22.8 Å². The first-order chi connectivity index (χ1) is 12.9. The lowest BCUT2D eigenvalue weighted by Crippen LogP contribution is -2.51. The Balaban J connectivity index is 1.80. The second-order valence-electron chi connectivity index (χ2n) is 8.30. The van der Waals surface area contributed by atoms with E-state index in [0.29, 0.717) is 25.2 Å². The molecule has 2 rings (SSSR count). The zero-order valence-electron chi connectivity index (χ0n) is 16.5. The minimum absolute atomic E-state index is 0.0913. The molecule has 156 valence electrons. The molecule has 2 N–H and O–H groups in total. The number of carbonyl (C=O) groups is 2. The van der Waals surface area contributed by atoms with Crippen LogP contribution in [0.5, 0.6) is 0 Å². The highest BCUT2D eigenvalue weighted by molar-refractivity contribution is 5.90. The van der Waals surface area contributed by atoms with Gasteiger partial charge < -0.3 is 15.5 Å². The quantitative estimate of drug-likeness (QED) is 0.775. The smallest absolute Gasteiger partial charge is 0.333 e. The van der Waals surface area contributed by atoms with E-state index in [1.54, 1.807) is 4.90 Å². The van der Waals surface area contributed by atoms with Crippen LogP contribution in [0.4, 0.5) is 23.7 Å². The van der Waals surface area contributed by atoms with Crippen molar-refractivity contribution in [2.24, 2.45) is 5.92 Å². The first-order valence-electron chi connectivity index (χ1n) is 9.48. The molecule has 0 bridgehead atoms. The maximum Gasteiger partial charge on any atom is 0.416 e. The molecular weight excluding hydrogens is 371 g/mol. The van der Waals surface area contributed by atoms with Gasteiger partial charge in [-0.05, 0) is 70.2 Å². The first-order valence-corrected chi connectivity index (χ1v) is 9.48. The number of nitrogens with one attached hydrogen (secondary N) is 2. The Morgan fingerprint density at radius 2 is 1.79 bits per heavy atom. The summed E-state index contributed by atoms with van der Waals surface area (Å²) in [5.74, 6) is -0.00570. The van der Waals surface area contributed by atoms with Crippen molar-refractivity contribution >= 4 is 17.6 Å². The van der Waals surface area contributed by atoms with E-state index in [1.807, 2.05) is 20.8 Å². The van der Waals surface area contributed by atoms with Gasteiger partial charge in [0.05, 0.1) is 5.56 Å². The number of hydrogen-bond acceptors (Lipinski definition) is 2. The highest BCUT2D eigenvalue weighted by Gasteiger charge is 2.30. The van der Waals surface area contributed by atoms with Crippen molar-refractivity contribution in [1.29, 1.82) is 0 Å². The van der Waals surface area contributed by atoms with E-state index < -0.39 is 11.7 Å². The number of likely N-dealkylation sites (tertiary alicyclic amines) is 1. The van der Waals surface area contributed by atoms with Crippen LogP contribution in [0.15, 0.2) is 24.3 Å². The minimum atomic E-state index is -4.39. The summed E-state index contributed by atoms with van der Waals surface area (Å²) in [4.78, 5) is 26.2. The molecule has 1 saturated heterocycles. The van der Waals surface area contributed by atoms with Crippen molar-refractivity contribution < 1.29 is 22.8 Å². The molecule has 0 saturated carbocycles. The number of urea groups is 1. The molecule has 3 amide bonds. The minimum Gasteiger partial charge on any atom is -0.333 e.